The van der Waals surface area contributed by atoms with E-state index in [-0.39, 0.29) is 11.5 Å². The molecule has 1 heterocycles. The third kappa shape index (κ3) is 4.66. The quantitative estimate of drug-likeness (QED) is 0.249. The molecule has 4 aromatic rings. The first-order valence-corrected chi connectivity index (χ1v) is 11.1. The largest absolute Gasteiger partial charge is 0.508 e. The number of phenolic OH excluding ortho intramolecular Hbond substituents is 1. The lowest BCUT2D eigenvalue weighted by Gasteiger charge is -2.12. The first-order valence-electron chi connectivity index (χ1n) is 10.3. The number of carbonyl (C=O) groups is 2. The highest BCUT2D eigenvalue weighted by Crippen LogP contribution is 2.43. The normalized spacial score (nSPS) is 11.2. The summed E-state index contributed by atoms with van der Waals surface area (Å²) in [6.07, 6.45) is 2.56. The molecule has 0 fully saturated rings. The molecule has 0 unspecified atom stereocenters. The molecule has 0 radical (unpaired) electrons. The molecule has 2 N–H and O–H groups in total. The first kappa shape index (κ1) is 22.3. The highest BCUT2D eigenvalue weighted by Gasteiger charge is 2.24. The molecule has 0 saturated carbocycles. The number of hydrogen-bond donors (Lipinski definition) is 2. The van der Waals surface area contributed by atoms with Crippen LogP contribution in [0.1, 0.15) is 37.5 Å². The van der Waals surface area contributed by atoms with Crippen molar-refractivity contribution < 1.29 is 24.5 Å². The number of aliphatic carboxylic acids is 1. The van der Waals surface area contributed by atoms with Crippen molar-refractivity contribution in [3.05, 3.63) is 93.4 Å². The average Bonchev–Trinajstić information content (AvgIpc) is 3.09. The maximum atomic E-state index is 13.7. The summed E-state index contributed by atoms with van der Waals surface area (Å²) in [6.45, 7) is 5.85. The third-order valence-corrected chi connectivity index (χ3v) is 6.39. The summed E-state index contributed by atoms with van der Waals surface area (Å²) in [5, 5.41) is 19.5. The van der Waals surface area contributed by atoms with E-state index in [4.69, 9.17) is 9.84 Å². The van der Waals surface area contributed by atoms with Crippen molar-refractivity contribution >= 4 is 39.3 Å². The zero-order chi connectivity index (χ0) is 23.7. The van der Waals surface area contributed by atoms with Gasteiger partial charge >= 0.3 is 5.97 Å². The third-order valence-electron chi connectivity index (χ3n) is 5.26. The van der Waals surface area contributed by atoms with Crippen molar-refractivity contribution in [1.82, 2.24) is 0 Å². The second kappa shape index (κ2) is 8.92. The van der Waals surface area contributed by atoms with Crippen LogP contribution in [0.25, 0.3) is 16.2 Å². The van der Waals surface area contributed by atoms with E-state index >= 15 is 0 Å². The minimum absolute atomic E-state index is 0.117. The van der Waals surface area contributed by atoms with Gasteiger partial charge in [-0.15, -0.1) is 11.3 Å². The van der Waals surface area contributed by atoms with E-state index in [9.17, 15) is 14.7 Å². The first-order chi connectivity index (χ1) is 15.7. The Hall–Kier alpha value is -3.90. The molecule has 33 heavy (non-hydrogen) atoms. The lowest BCUT2D eigenvalue weighted by atomic mass is 9.95. The standard InChI is InChI=1S/C27H22O5S/c1-15-12-16(2)24(17(3)13-15)25(31)27-26(21-10-7-19(28)14-22(21)33-27)32-20-8-4-18(5-9-20)6-11-23(29)30/h4-14,28H,1-3H3,(H,29,30). The molecule has 6 heteroatoms. The molecule has 0 saturated heterocycles. The van der Waals surface area contributed by atoms with Crippen LogP contribution in [-0.2, 0) is 4.79 Å². The second-order valence-corrected chi connectivity index (χ2v) is 8.94. The van der Waals surface area contributed by atoms with Gasteiger partial charge in [-0.1, -0.05) is 29.8 Å². The smallest absolute Gasteiger partial charge is 0.328 e. The summed E-state index contributed by atoms with van der Waals surface area (Å²) in [7, 11) is 0. The fourth-order valence-corrected chi connectivity index (χ4v) is 5.01. The number of carboxylic acids is 1. The number of thiophene rings is 1. The molecule has 4 rings (SSSR count). The number of benzene rings is 3. The number of hydrogen-bond acceptors (Lipinski definition) is 5. The number of ketones is 1. The Kier molecular flexibility index (Phi) is 6.03. The molecule has 0 atom stereocenters. The number of phenols is 1. The fourth-order valence-electron chi connectivity index (χ4n) is 3.90. The van der Waals surface area contributed by atoms with Crippen molar-refractivity contribution in [2.75, 3.05) is 0 Å². The summed E-state index contributed by atoms with van der Waals surface area (Å²) >= 11 is 1.29. The second-order valence-electron chi connectivity index (χ2n) is 7.89. The van der Waals surface area contributed by atoms with Crippen LogP contribution >= 0.6 is 11.3 Å². The van der Waals surface area contributed by atoms with Crippen molar-refractivity contribution in [2.45, 2.75) is 20.8 Å². The average molecular weight is 459 g/mol. The zero-order valence-corrected chi connectivity index (χ0v) is 19.2. The fraction of sp³-hybridized carbons (Fsp3) is 0.111. The van der Waals surface area contributed by atoms with Crippen LogP contribution in [0.5, 0.6) is 17.2 Å². The van der Waals surface area contributed by atoms with E-state index in [1.807, 2.05) is 32.9 Å². The van der Waals surface area contributed by atoms with Gasteiger partial charge in [0.2, 0.25) is 5.78 Å². The van der Waals surface area contributed by atoms with E-state index < -0.39 is 5.97 Å². The molecule has 0 bridgehead atoms. The Balaban J connectivity index is 1.79. The van der Waals surface area contributed by atoms with E-state index in [0.29, 0.717) is 27.5 Å². The highest BCUT2D eigenvalue weighted by atomic mass is 32.1. The Bertz CT molecular complexity index is 1390. The summed E-state index contributed by atoms with van der Waals surface area (Å²) in [5.74, 6) is -0.0729. The van der Waals surface area contributed by atoms with E-state index in [1.54, 1.807) is 42.5 Å². The summed E-state index contributed by atoms with van der Waals surface area (Å²) in [4.78, 5) is 24.9. The van der Waals surface area contributed by atoms with Gasteiger partial charge in [0, 0.05) is 21.7 Å². The molecule has 1 aromatic heterocycles. The maximum absolute atomic E-state index is 13.7. The number of fused-ring (bicyclic) bond motifs is 1. The number of carboxylic acid groups (broad SMARTS) is 1. The molecule has 0 aliphatic rings. The Morgan fingerprint density at radius 3 is 2.24 bits per heavy atom. The van der Waals surface area contributed by atoms with Crippen LogP contribution in [0, 0.1) is 20.8 Å². The zero-order valence-electron chi connectivity index (χ0n) is 18.4. The van der Waals surface area contributed by atoms with Crippen LogP contribution in [0.4, 0.5) is 0 Å². The topological polar surface area (TPSA) is 83.8 Å². The van der Waals surface area contributed by atoms with Crippen LogP contribution in [-0.4, -0.2) is 22.0 Å². The molecule has 0 amide bonds. The van der Waals surface area contributed by atoms with E-state index in [2.05, 4.69) is 0 Å². The van der Waals surface area contributed by atoms with Crippen molar-refractivity contribution in [3.63, 3.8) is 0 Å². The van der Waals surface area contributed by atoms with Crippen LogP contribution in [0.15, 0.2) is 60.7 Å². The van der Waals surface area contributed by atoms with Crippen LogP contribution in [0.3, 0.4) is 0 Å². The SMILES string of the molecule is Cc1cc(C)c(C(=O)c2sc3cc(O)ccc3c2Oc2ccc(C=CC(=O)O)cc2)c(C)c1. The number of aryl methyl sites for hydroxylation is 3. The Labute approximate surface area is 195 Å². The van der Waals surface area contributed by atoms with Gasteiger partial charge in [0.1, 0.15) is 16.4 Å². The summed E-state index contributed by atoms with van der Waals surface area (Å²) in [6, 6.07) is 15.8. The minimum Gasteiger partial charge on any atom is -0.508 e. The van der Waals surface area contributed by atoms with E-state index in [1.165, 1.54) is 17.4 Å². The van der Waals surface area contributed by atoms with Gasteiger partial charge in [-0.05, 0) is 73.9 Å². The van der Waals surface area contributed by atoms with E-state index in [0.717, 1.165) is 32.9 Å². The molecule has 0 aliphatic carbocycles. The summed E-state index contributed by atoms with van der Waals surface area (Å²) in [5.41, 5.74) is 4.26. The minimum atomic E-state index is -1.02. The Morgan fingerprint density at radius 1 is 0.939 bits per heavy atom. The number of carbonyl (C=O) groups excluding carboxylic acids is 1. The van der Waals surface area contributed by atoms with Gasteiger partial charge < -0.3 is 14.9 Å². The van der Waals surface area contributed by atoms with Gasteiger partial charge in [-0.25, -0.2) is 4.79 Å². The number of rotatable bonds is 6. The predicted octanol–water partition coefficient (Wildman–Crippen LogP) is 6.65. The number of ether oxygens (including phenoxy) is 1. The molecule has 3 aromatic carbocycles. The van der Waals surface area contributed by atoms with Gasteiger partial charge in [0.15, 0.2) is 5.75 Å². The lowest BCUT2D eigenvalue weighted by molar-refractivity contribution is -0.131. The monoisotopic (exact) mass is 458 g/mol. The van der Waals surface area contributed by atoms with Crippen LogP contribution in [0.2, 0.25) is 0 Å². The molecule has 5 nitrogen and oxygen atoms in total. The molecular weight excluding hydrogens is 436 g/mol. The van der Waals surface area contributed by atoms with Crippen molar-refractivity contribution in [1.29, 1.82) is 0 Å². The maximum Gasteiger partial charge on any atom is 0.328 e. The van der Waals surface area contributed by atoms with Gasteiger partial charge in [-0.3, -0.25) is 4.79 Å². The Morgan fingerprint density at radius 2 is 1.61 bits per heavy atom. The van der Waals surface area contributed by atoms with Crippen molar-refractivity contribution in [2.24, 2.45) is 0 Å². The molecule has 0 aliphatic heterocycles. The van der Waals surface area contributed by atoms with Gasteiger partial charge in [0.25, 0.3) is 0 Å². The summed E-state index contributed by atoms with van der Waals surface area (Å²) < 4.78 is 6.94. The molecule has 0 spiro atoms. The molecule has 166 valence electrons. The highest BCUT2D eigenvalue weighted by molar-refractivity contribution is 7.21. The number of aromatic hydroxyl groups is 1. The van der Waals surface area contributed by atoms with Crippen molar-refractivity contribution in [3.8, 4) is 17.2 Å². The lowest BCUT2D eigenvalue weighted by Crippen LogP contribution is -2.06. The van der Waals surface area contributed by atoms with Crippen LogP contribution < -0.4 is 4.74 Å². The predicted molar refractivity (Wildman–Crippen MR) is 131 cm³/mol. The molecular formula is C27H22O5S. The van der Waals surface area contributed by atoms with Gasteiger partial charge in [0.05, 0.1) is 0 Å². The van der Waals surface area contributed by atoms with Gasteiger partial charge in [-0.2, -0.15) is 0 Å².